The number of benzene rings is 3. The molecule has 0 radical (unpaired) electrons. The lowest BCUT2D eigenvalue weighted by Gasteiger charge is -2.09. The predicted octanol–water partition coefficient (Wildman–Crippen LogP) is 5.77. The van der Waals surface area contributed by atoms with Gasteiger partial charge in [-0.2, -0.15) is 5.10 Å². The lowest BCUT2D eigenvalue weighted by Crippen LogP contribution is -2.20. The number of hydrogen-bond donors (Lipinski definition) is 1. The van der Waals surface area contributed by atoms with Gasteiger partial charge in [-0.15, -0.1) is 0 Å². The maximum absolute atomic E-state index is 13.8. The first-order chi connectivity index (χ1) is 15.5. The number of carbonyl (C=O) groups excluding carboxylic acids is 1. The second-order valence-electron chi connectivity index (χ2n) is 6.81. The summed E-state index contributed by atoms with van der Waals surface area (Å²) in [6, 6.07) is 19.7. The summed E-state index contributed by atoms with van der Waals surface area (Å²) in [7, 11) is 0. The number of imidazole rings is 1. The second-order valence-corrected chi connectivity index (χ2v) is 8.60. The van der Waals surface area contributed by atoms with Gasteiger partial charge in [0.15, 0.2) is 5.16 Å². The number of hydrogen-bond acceptors (Lipinski definition) is 4. The molecule has 0 saturated carbocycles. The van der Waals surface area contributed by atoms with Crippen LogP contribution in [0.25, 0.3) is 11.0 Å². The van der Waals surface area contributed by atoms with Gasteiger partial charge in [-0.3, -0.25) is 4.79 Å². The first-order valence-corrected chi connectivity index (χ1v) is 11.3. The molecule has 9 heteroatoms. The Bertz CT molecular complexity index is 1270. The Hall–Kier alpha value is -2.87. The fraction of sp³-hybridized carbons (Fsp3) is 0.0870. The van der Waals surface area contributed by atoms with E-state index in [4.69, 9.17) is 23.2 Å². The number of fused-ring (bicyclic) bond motifs is 1. The van der Waals surface area contributed by atoms with Gasteiger partial charge in [0.05, 0.1) is 34.6 Å². The summed E-state index contributed by atoms with van der Waals surface area (Å²) >= 11 is 13.2. The van der Waals surface area contributed by atoms with Crippen LogP contribution in [-0.4, -0.2) is 27.4 Å². The average Bonchev–Trinajstić information content (AvgIpc) is 3.13. The van der Waals surface area contributed by atoms with Gasteiger partial charge >= 0.3 is 0 Å². The van der Waals surface area contributed by atoms with E-state index < -0.39 is 5.82 Å². The van der Waals surface area contributed by atoms with Crippen molar-refractivity contribution >= 4 is 58.1 Å². The molecular weight excluding hydrogens is 470 g/mol. The normalized spacial score (nSPS) is 11.3. The predicted molar refractivity (Wildman–Crippen MR) is 128 cm³/mol. The largest absolute Gasteiger partial charge is 0.314 e. The molecule has 32 heavy (non-hydrogen) atoms. The Kier molecular flexibility index (Phi) is 7.09. The van der Waals surface area contributed by atoms with Crippen LogP contribution in [0.4, 0.5) is 4.39 Å². The van der Waals surface area contributed by atoms with E-state index in [2.05, 4.69) is 20.1 Å². The van der Waals surface area contributed by atoms with Crippen LogP contribution < -0.4 is 5.43 Å². The molecule has 1 heterocycles. The number of hydrazone groups is 1. The van der Waals surface area contributed by atoms with E-state index >= 15 is 0 Å². The van der Waals surface area contributed by atoms with Crippen molar-refractivity contribution in [1.82, 2.24) is 15.0 Å². The second kappa shape index (κ2) is 10.2. The van der Waals surface area contributed by atoms with Crippen LogP contribution in [-0.2, 0) is 11.3 Å². The molecular formula is C23H17Cl2FN4OS. The van der Waals surface area contributed by atoms with E-state index in [0.717, 1.165) is 16.6 Å². The molecule has 1 aromatic heterocycles. The van der Waals surface area contributed by atoms with Crippen LogP contribution in [0.15, 0.2) is 77.0 Å². The van der Waals surface area contributed by atoms with Gasteiger partial charge in [0.2, 0.25) is 0 Å². The minimum absolute atomic E-state index is 0.0896. The highest BCUT2D eigenvalue weighted by Gasteiger charge is 2.13. The molecule has 0 aliphatic carbocycles. The van der Waals surface area contributed by atoms with Crippen LogP contribution in [0.2, 0.25) is 10.0 Å². The van der Waals surface area contributed by atoms with E-state index in [9.17, 15) is 9.18 Å². The first kappa shape index (κ1) is 22.3. The molecule has 1 N–H and O–H groups in total. The van der Waals surface area contributed by atoms with Crippen molar-refractivity contribution in [1.29, 1.82) is 0 Å². The van der Waals surface area contributed by atoms with Crippen molar-refractivity contribution in [2.75, 3.05) is 5.75 Å². The molecule has 4 aromatic rings. The number of nitrogens with one attached hydrogen (secondary N) is 1. The maximum Gasteiger partial charge on any atom is 0.250 e. The minimum atomic E-state index is -0.513. The summed E-state index contributed by atoms with van der Waals surface area (Å²) < 4.78 is 15.8. The number of para-hydroxylation sites is 2. The smallest absolute Gasteiger partial charge is 0.250 e. The van der Waals surface area contributed by atoms with Crippen LogP contribution in [0.1, 0.15) is 11.1 Å². The molecule has 4 rings (SSSR count). The Morgan fingerprint density at radius 2 is 1.88 bits per heavy atom. The lowest BCUT2D eigenvalue weighted by molar-refractivity contribution is -0.118. The summed E-state index contributed by atoms with van der Waals surface area (Å²) in [5.74, 6) is -0.767. The number of aromatic nitrogens is 2. The summed E-state index contributed by atoms with van der Waals surface area (Å²) in [4.78, 5) is 16.9. The molecule has 3 aromatic carbocycles. The Morgan fingerprint density at radius 3 is 2.66 bits per heavy atom. The molecule has 0 saturated heterocycles. The van der Waals surface area contributed by atoms with Gasteiger partial charge in [0.1, 0.15) is 5.82 Å². The van der Waals surface area contributed by atoms with E-state index in [-0.39, 0.29) is 22.2 Å². The highest BCUT2D eigenvalue weighted by molar-refractivity contribution is 7.99. The number of rotatable bonds is 7. The molecule has 0 aliphatic heterocycles. The SMILES string of the molecule is O=C(CSc1nc2ccccc2n1Cc1ccc(Cl)cc1)NN=Cc1c(F)cccc1Cl. The monoisotopic (exact) mass is 486 g/mol. The molecule has 0 atom stereocenters. The van der Waals surface area contributed by atoms with Gasteiger partial charge < -0.3 is 4.57 Å². The van der Waals surface area contributed by atoms with E-state index in [0.29, 0.717) is 16.7 Å². The summed E-state index contributed by atoms with van der Waals surface area (Å²) in [6.07, 6.45) is 1.19. The number of carbonyl (C=O) groups is 1. The molecule has 0 fully saturated rings. The van der Waals surface area contributed by atoms with Crippen molar-refractivity contribution in [3.63, 3.8) is 0 Å². The number of thioether (sulfide) groups is 1. The Morgan fingerprint density at radius 1 is 1.09 bits per heavy atom. The van der Waals surface area contributed by atoms with Crippen LogP contribution in [0.3, 0.4) is 0 Å². The minimum Gasteiger partial charge on any atom is -0.314 e. The van der Waals surface area contributed by atoms with E-state index in [1.54, 1.807) is 6.07 Å². The molecule has 5 nitrogen and oxygen atoms in total. The van der Waals surface area contributed by atoms with Gasteiger partial charge in [-0.05, 0) is 42.0 Å². The fourth-order valence-corrected chi connectivity index (χ4v) is 4.20. The van der Waals surface area contributed by atoms with Crippen molar-refractivity contribution in [3.05, 3.63) is 93.7 Å². The van der Waals surface area contributed by atoms with Gasteiger partial charge in [-0.25, -0.2) is 14.8 Å². The molecule has 0 spiro atoms. The quantitative estimate of drug-likeness (QED) is 0.205. The van der Waals surface area contributed by atoms with E-state index in [1.165, 1.54) is 30.1 Å². The molecule has 0 bridgehead atoms. The zero-order valence-corrected chi connectivity index (χ0v) is 19.0. The molecule has 1 amide bonds. The average molecular weight is 487 g/mol. The Balaban J connectivity index is 1.46. The third kappa shape index (κ3) is 5.30. The molecule has 0 unspecified atom stereocenters. The summed E-state index contributed by atoms with van der Waals surface area (Å²) in [6.45, 7) is 0.589. The highest BCUT2D eigenvalue weighted by atomic mass is 35.5. The number of halogens is 3. The van der Waals surface area contributed by atoms with Crippen LogP contribution >= 0.6 is 35.0 Å². The van der Waals surface area contributed by atoms with E-state index in [1.807, 2.05) is 48.5 Å². The molecule has 162 valence electrons. The van der Waals surface area contributed by atoms with Crippen molar-refractivity contribution in [2.45, 2.75) is 11.7 Å². The fourth-order valence-electron chi connectivity index (χ4n) is 3.05. The third-order valence-corrected chi connectivity index (χ3v) is 6.15. The maximum atomic E-state index is 13.8. The van der Waals surface area contributed by atoms with Crippen LogP contribution in [0, 0.1) is 5.82 Å². The zero-order chi connectivity index (χ0) is 22.5. The highest BCUT2D eigenvalue weighted by Crippen LogP contribution is 2.25. The van der Waals surface area contributed by atoms with Crippen molar-refractivity contribution < 1.29 is 9.18 Å². The number of amides is 1. The summed E-state index contributed by atoms with van der Waals surface area (Å²) in [5, 5.41) is 5.41. The number of nitrogens with zero attached hydrogens (tertiary/aromatic N) is 3. The van der Waals surface area contributed by atoms with Crippen molar-refractivity contribution in [2.24, 2.45) is 5.10 Å². The third-order valence-electron chi connectivity index (χ3n) is 4.59. The standard InChI is InChI=1S/C23H17Cl2FN4OS/c24-16-10-8-15(9-11-16)13-30-21-7-2-1-6-20(21)28-23(30)32-14-22(31)29-27-12-17-18(25)4-3-5-19(17)26/h1-12H,13-14H2,(H,29,31). The summed E-state index contributed by atoms with van der Waals surface area (Å²) in [5.41, 5.74) is 5.39. The Labute approximate surface area is 198 Å². The van der Waals surface area contributed by atoms with Gasteiger partial charge in [-0.1, -0.05) is 65.3 Å². The lowest BCUT2D eigenvalue weighted by atomic mass is 10.2. The van der Waals surface area contributed by atoms with Crippen molar-refractivity contribution in [3.8, 4) is 0 Å². The van der Waals surface area contributed by atoms with Crippen LogP contribution in [0.5, 0.6) is 0 Å². The first-order valence-electron chi connectivity index (χ1n) is 9.59. The van der Waals surface area contributed by atoms with Gasteiger partial charge in [0.25, 0.3) is 5.91 Å². The zero-order valence-electron chi connectivity index (χ0n) is 16.6. The molecule has 0 aliphatic rings. The van der Waals surface area contributed by atoms with Gasteiger partial charge in [0, 0.05) is 10.6 Å². The topological polar surface area (TPSA) is 59.3 Å².